The minimum atomic E-state index is -4.40. The van der Waals surface area contributed by atoms with Crippen molar-refractivity contribution in [2.24, 2.45) is 0 Å². The van der Waals surface area contributed by atoms with Gasteiger partial charge >= 0.3 is 12.2 Å². The van der Waals surface area contributed by atoms with Gasteiger partial charge in [-0.05, 0) is 23.8 Å². The number of carbonyl (C=O) groups is 1. The van der Waals surface area contributed by atoms with Crippen molar-refractivity contribution in [3.05, 3.63) is 59.2 Å². The van der Waals surface area contributed by atoms with Crippen molar-refractivity contribution in [2.75, 3.05) is 0 Å². The minimum Gasteiger partial charge on any atom is -0.489 e. The fourth-order valence-corrected chi connectivity index (χ4v) is 2.56. The zero-order valence-corrected chi connectivity index (χ0v) is 13.3. The number of carbonyl (C=O) groups excluding carboxylic acids is 1. The molecule has 1 aliphatic rings. The normalized spacial score (nSPS) is 15.8. The van der Waals surface area contributed by atoms with Crippen LogP contribution >= 0.6 is 0 Å². The van der Waals surface area contributed by atoms with Crippen molar-refractivity contribution in [1.29, 1.82) is 0 Å². The van der Waals surface area contributed by atoms with Gasteiger partial charge < -0.3 is 14.8 Å². The van der Waals surface area contributed by atoms with E-state index in [1.54, 1.807) is 24.3 Å². The Kier molecular flexibility index (Phi) is 4.90. The summed E-state index contributed by atoms with van der Waals surface area (Å²) in [5.74, 6) is 0.920. The smallest absolute Gasteiger partial charge is 0.416 e. The number of urea groups is 1. The maximum Gasteiger partial charge on any atom is 0.416 e. The third-order valence-electron chi connectivity index (χ3n) is 3.77. The Bertz CT molecular complexity index is 811. The molecule has 0 aliphatic carbocycles. The zero-order valence-electron chi connectivity index (χ0n) is 13.3. The van der Waals surface area contributed by atoms with E-state index in [9.17, 15) is 18.0 Å². The number of fused-ring (bicyclic) bond motifs is 1. The topological polar surface area (TPSA) is 79.8 Å². The van der Waals surface area contributed by atoms with Crippen LogP contribution in [0.1, 0.15) is 16.7 Å². The Morgan fingerprint density at radius 3 is 2.81 bits per heavy atom. The molecule has 3 rings (SSSR count). The van der Waals surface area contributed by atoms with Crippen molar-refractivity contribution in [1.82, 2.24) is 10.8 Å². The van der Waals surface area contributed by atoms with E-state index in [0.717, 1.165) is 17.7 Å². The van der Waals surface area contributed by atoms with Gasteiger partial charge in [0.25, 0.3) is 0 Å². The molecule has 0 fully saturated rings. The molecule has 1 heterocycles. The average molecular weight is 368 g/mol. The molecule has 138 valence electrons. The van der Waals surface area contributed by atoms with E-state index in [0.29, 0.717) is 23.5 Å². The Morgan fingerprint density at radius 2 is 2.08 bits per heavy atom. The van der Waals surface area contributed by atoms with E-state index in [1.165, 1.54) is 11.5 Å². The lowest BCUT2D eigenvalue weighted by molar-refractivity contribution is -0.137. The molecule has 0 saturated carbocycles. The molecule has 2 aromatic carbocycles. The number of amides is 2. The summed E-state index contributed by atoms with van der Waals surface area (Å²) in [4.78, 5) is 11.1. The highest BCUT2D eigenvalue weighted by molar-refractivity contribution is 5.72. The van der Waals surface area contributed by atoms with Crippen LogP contribution in [0.15, 0.2) is 42.5 Å². The number of ether oxygens (including phenoxy) is 2. The number of hydrogen-bond acceptors (Lipinski definition) is 4. The molecule has 0 saturated heterocycles. The predicted molar refractivity (Wildman–Crippen MR) is 83.8 cm³/mol. The highest BCUT2D eigenvalue weighted by Crippen LogP contribution is 2.33. The third-order valence-corrected chi connectivity index (χ3v) is 3.77. The van der Waals surface area contributed by atoms with Crippen molar-refractivity contribution < 1.29 is 32.6 Å². The molecule has 9 heteroatoms. The van der Waals surface area contributed by atoms with Gasteiger partial charge in [0.1, 0.15) is 18.1 Å². The zero-order chi connectivity index (χ0) is 18.7. The predicted octanol–water partition coefficient (Wildman–Crippen LogP) is 3.23. The summed E-state index contributed by atoms with van der Waals surface area (Å²) in [6, 6.07) is 9.15. The van der Waals surface area contributed by atoms with Crippen LogP contribution in [-0.4, -0.2) is 17.5 Å². The summed E-state index contributed by atoms with van der Waals surface area (Å²) >= 11 is 0. The maximum absolute atomic E-state index is 12.7. The van der Waals surface area contributed by atoms with Crippen LogP contribution < -0.4 is 20.3 Å². The molecular weight excluding hydrogens is 353 g/mol. The number of nitrogens with one attached hydrogen (secondary N) is 2. The number of rotatable bonds is 4. The quantitative estimate of drug-likeness (QED) is 0.572. The summed E-state index contributed by atoms with van der Waals surface area (Å²) < 4.78 is 49.2. The largest absolute Gasteiger partial charge is 0.489 e. The first-order chi connectivity index (χ1) is 12.3. The number of hydroxylamine groups is 1. The number of halogens is 3. The van der Waals surface area contributed by atoms with Gasteiger partial charge in [0.2, 0.25) is 0 Å². The Labute approximate surface area is 146 Å². The molecular formula is C17H15F3N2O4. The van der Waals surface area contributed by atoms with Gasteiger partial charge in [-0.3, -0.25) is 5.21 Å². The molecule has 26 heavy (non-hydrogen) atoms. The molecule has 2 amide bonds. The van der Waals surface area contributed by atoms with Crippen LogP contribution in [0.5, 0.6) is 11.5 Å². The molecule has 0 bridgehead atoms. The maximum atomic E-state index is 12.7. The van der Waals surface area contributed by atoms with E-state index in [1.807, 2.05) is 0 Å². The monoisotopic (exact) mass is 368 g/mol. The van der Waals surface area contributed by atoms with Gasteiger partial charge in [-0.1, -0.05) is 18.2 Å². The SMILES string of the molecule is O=C(NO)NC1Cc2ccc(OCc3cccc(C(F)(F)F)c3)cc2O1. The highest BCUT2D eigenvalue weighted by atomic mass is 19.4. The van der Waals surface area contributed by atoms with Crippen LogP contribution in [0.4, 0.5) is 18.0 Å². The fourth-order valence-electron chi connectivity index (χ4n) is 2.56. The number of hydrogen-bond donors (Lipinski definition) is 3. The van der Waals surface area contributed by atoms with Crippen molar-refractivity contribution >= 4 is 6.03 Å². The first-order valence-corrected chi connectivity index (χ1v) is 7.64. The minimum absolute atomic E-state index is 0.0305. The van der Waals surface area contributed by atoms with Crippen molar-refractivity contribution in [3.8, 4) is 11.5 Å². The van der Waals surface area contributed by atoms with Gasteiger partial charge in [0, 0.05) is 18.1 Å². The van der Waals surface area contributed by atoms with E-state index in [4.69, 9.17) is 14.7 Å². The second kappa shape index (κ2) is 7.12. The lowest BCUT2D eigenvalue weighted by Crippen LogP contribution is -2.43. The molecule has 2 aromatic rings. The Morgan fingerprint density at radius 1 is 1.27 bits per heavy atom. The summed E-state index contributed by atoms with van der Waals surface area (Å²) in [6.07, 6.45) is -4.62. The molecule has 6 nitrogen and oxygen atoms in total. The molecule has 3 N–H and O–H groups in total. The second-order valence-corrected chi connectivity index (χ2v) is 5.65. The summed E-state index contributed by atoms with van der Waals surface area (Å²) in [6.45, 7) is -0.0305. The summed E-state index contributed by atoms with van der Waals surface area (Å²) in [5, 5.41) is 10.9. The Hall–Kier alpha value is -2.94. The van der Waals surface area contributed by atoms with E-state index < -0.39 is 24.0 Å². The van der Waals surface area contributed by atoms with Gasteiger partial charge in [-0.15, -0.1) is 0 Å². The number of benzene rings is 2. The molecule has 0 radical (unpaired) electrons. The second-order valence-electron chi connectivity index (χ2n) is 5.65. The van der Waals surface area contributed by atoms with Crippen LogP contribution in [0.2, 0.25) is 0 Å². The lowest BCUT2D eigenvalue weighted by Gasteiger charge is -2.12. The van der Waals surface area contributed by atoms with Crippen LogP contribution in [-0.2, 0) is 19.2 Å². The van der Waals surface area contributed by atoms with E-state index in [-0.39, 0.29) is 6.61 Å². The van der Waals surface area contributed by atoms with Gasteiger partial charge in [-0.25, -0.2) is 10.3 Å². The lowest BCUT2D eigenvalue weighted by atomic mass is 10.1. The third kappa shape index (κ3) is 4.17. The standard InChI is InChI=1S/C17H15F3N2O4/c18-17(19,20)12-3-1-2-10(6-12)9-25-13-5-4-11-7-15(21-16(23)22-24)26-14(11)8-13/h1-6,8,15,24H,7,9H2,(H2,21,22,23). The van der Waals surface area contributed by atoms with E-state index >= 15 is 0 Å². The van der Waals surface area contributed by atoms with Crippen LogP contribution in [0.25, 0.3) is 0 Å². The Balaban J connectivity index is 1.63. The molecule has 0 spiro atoms. The average Bonchev–Trinajstić information content (AvgIpc) is 3.00. The van der Waals surface area contributed by atoms with Gasteiger partial charge in [-0.2, -0.15) is 13.2 Å². The van der Waals surface area contributed by atoms with E-state index in [2.05, 4.69) is 5.32 Å². The van der Waals surface area contributed by atoms with Gasteiger partial charge in [0.15, 0.2) is 6.23 Å². The number of alkyl halides is 3. The summed E-state index contributed by atoms with van der Waals surface area (Å²) in [5.41, 5.74) is 1.94. The first kappa shape index (κ1) is 17.9. The molecule has 1 atom stereocenters. The molecule has 1 aliphatic heterocycles. The van der Waals surface area contributed by atoms with Crippen molar-refractivity contribution in [3.63, 3.8) is 0 Å². The molecule has 0 aromatic heterocycles. The first-order valence-electron chi connectivity index (χ1n) is 7.64. The van der Waals surface area contributed by atoms with Crippen LogP contribution in [0.3, 0.4) is 0 Å². The van der Waals surface area contributed by atoms with Crippen LogP contribution in [0, 0.1) is 0 Å². The summed E-state index contributed by atoms with van der Waals surface area (Å²) in [7, 11) is 0. The highest BCUT2D eigenvalue weighted by Gasteiger charge is 2.30. The van der Waals surface area contributed by atoms with Crippen molar-refractivity contribution in [2.45, 2.75) is 25.4 Å². The fraction of sp³-hybridized carbons (Fsp3) is 0.235. The molecule has 1 unspecified atom stereocenters. The van der Waals surface area contributed by atoms with Gasteiger partial charge in [0.05, 0.1) is 5.56 Å².